The fourth-order valence-electron chi connectivity index (χ4n) is 3.45. The molecule has 8 heteroatoms. The first kappa shape index (κ1) is 20.4. The van der Waals surface area contributed by atoms with Crippen LogP contribution in [-0.2, 0) is 23.5 Å². The lowest BCUT2D eigenvalue weighted by atomic mass is 9.84. The molecule has 0 spiro atoms. The Hall–Kier alpha value is -2.35. The quantitative estimate of drug-likeness (QED) is 0.785. The van der Waals surface area contributed by atoms with Gasteiger partial charge in [-0.1, -0.05) is 23.7 Å². The Morgan fingerprint density at radius 1 is 1.25 bits per heavy atom. The second-order valence-corrected chi connectivity index (χ2v) is 7.34. The summed E-state index contributed by atoms with van der Waals surface area (Å²) in [4.78, 5) is 26.2. The van der Waals surface area contributed by atoms with Gasteiger partial charge < -0.3 is 24.4 Å². The number of hydrogen-bond acceptors (Lipinski definition) is 5. The smallest absolute Gasteiger partial charge is 0.242 e. The molecule has 3 rings (SSSR count). The van der Waals surface area contributed by atoms with Crippen LogP contribution in [0.3, 0.4) is 0 Å². The lowest BCUT2D eigenvalue weighted by Crippen LogP contribution is -2.46. The molecule has 1 fully saturated rings. The molecule has 1 saturated heterocycles. The highest BCUT2D eigenvalue weighted by molar-refractivity contribution is 6.30. The van der Waals surface area contributed by atoms with Gasteiger partial charge in [-0.2, -0.15) is 0 Å². The molecule has 0 atom stereocenters. The Morgan fingerprint density at radius 3 is 2.46 bits per heavy atom. The summed E-state index contributed by atoms with van der Waals surface area (Å²) >= 11 is 5.91. The van der Waals surface area contributed by atoms with Crippen LogP contribution in [-0.4, -0.2) is 45.8 Å². The molecular weight excluding hydrogens is 384 g/mol. The highest BCUT2D eigenvalue weighted by Gasteiger charge is 2.35. The van der Waals surface area contributed by atoms with Crippen molar-refractivity contribution < 1.29 is 19.7 Å². The molecule has 0 bridgehead atoms. The van der Waals surface area contributed by atoms with E-state index >= 15 is 0 Å². The third-order valence-electron chi connectivity index (χ3n) is 5.19. The fourth-order valence-corrected chi connectivity index (χ4v) is 3.58. The second-order valence-electron chi connectivity index (χ2n) is 6.90. The zero-order valence-corrected chi connectivity index (χ0v) is 16.4. The maximum absolute atomic E-state index is 12.7. The number of piperidine rings is 1. The van der Waals surface area contributed by atoms with Gasteiger partial charge in [-0.25, -0.2) is 0 Å². The first-order valence-corrected chi connectivity index (χ1v) is 9.38. The van der Waals surface area contributed by atoms with Crippen LogP contribution in [0.15, 0.2) is 41.3 Å². The summed E-state index contributed by atoms with van der Waals surface area (Å²) in [5.41, 5.74) is -0.204. The van der Waals surface area contributed by atoms with Gasteiger partial charge >= 0.3 is 0 Å². The maximum Gasteiger partial charge on any atom is 0.242 e. The first-order chi connectivity index (χ1) is 13.4. The Bertz CT molecular complexity index is 902. The number of likely N-dealkylation sites (tertiary alicyclic amines) is 1. The summed E-state index contributed by atoms with van der Waals surface area (Å²) in [6, 6.07) is 8.36. The van der Waals surface area contributed by atoms with Gasteiger partial charge in [0.05, 0.1) is 25.5 Å². The van der Waals surface area contributed by atoms with Crippen LogP contribution in [0.1, 0.15) is 24.1 Å². The molecule has 1 amide bonds. The van der Waals surface area contributed by atoms with E-state index in [0.717, 1.165) is 5.56 Å². The summed E-state index contributed by atoms with van der Waals surface area (Å²) in [6.45, 7) is 0.433. The third kappa shape index (κ3) is 4.22. The summed E-state index contributed by atoms with van der Waals surface area (Å²) in [5, 5.41) is 21.0. The Morgan fingerprint density at radius 2 is 1.89 bits per heavy atom. The molecule has 28 heavy (non-hydrogen) atoms. The molecule has 1 aromatic heterocycles. The standard InChI is InChI=1S/C20H23ClN2O5/c1-28-18-11-23(16(13-24)10-17(18)25)12-19(26)22-8-6-20(27,7-9-22)14-2-4-15(21)5-3-14/h2-5,10-11,24,27H,6-9,12-13H2,1H3. The lowest BCUT2D eigenvalue weighted by Gasteiger charge is -2.38. The summed E-state index contributed by atoms with van der Waals surface area (Å²) < 4.78 is 6.53. The number of aliphatic hydroxyl groups excluding tert-OH is 1. The van der Waals surface area contributed by atoms with Gasteiger partial charge in [0, 0.05) is 29.9 Å². The SMILES string of the molecule is COc1cn(CC(=O)N2CCC(O)(c3ccc(Cl)cc3)CC2)c(CO)cc1=O. The third-order valence-corrected chi connectivity index (χ3v) is 5.45. The number of aliphatic hydroxyl groups is 2. The average Bonchev–Trinajstić information content (AvgIpc) is 2.69. The van der Waals surface area contributed by atoms with Crippen LogP contribution in [0.25, 0.3) is 0 Å². The van der Waals surface area contributed by atoms with E-state index in [1.165, 1.54) is 23.9 Å². The van der Waals surface area contributed by atoms with E-state index in [0.29, 0.717) is 36.6 Å². The Labute approximate surface area is 167 Å². The van der Waals surface area contributed by atoms with E-state index in [2.05, 4.69) is 0 Å². The predicted molar refractivity (Wildman–Crippen MR) is 104 cm³/mol. The minimum atomic E-state index is -0.988. The van der Waals surface area contributed by atoms with Gasteiger partial charge in [-0.05, 0) is 30.5 Å². The number of benzene rings is 1. The monoisotopic (exact) mass is 406 g/mol. The van der Waals surface area contributed by atoms with Crippen molar-refractivity contribution in [2.24, 2.45) is 0 Å². The van der Waals surface area contributed by atoms with E-state index < -0.39 is 5.60 Å². The first-order valence-electron chi connectivity index (χ1n) is 9.01. The number of carbonyl (C=O) groups excluding carboxylic acids is 1. The van der Waals surface area contributed by atoms with Crippen LogP contribution in [0.4, 0.5) is 0 Å². The normalized spacial score (nSPS) is 16.1. The minimum absolute atomic E-state index is 0.0219. The van der Waals surface area contributed by atoms with E-state index in [-0.39, 0.29) is 30.2 Å². The molecule has 2 N–H and O–H groups in total. The van der Waals surface area contributed by atoms with Gasteiger partial charge in [0.2, 0.25) is 11.3 Å². The number of nitrogens with zero attached hydrogens (tertiary/aromatic N) is 2. The molecule has 1 aliphatic heterocycles. The Kier molecular flexibility index (Phi) is 6.07. The number of hydrogen-bond donors (Lipinski definition) is 2. The predicted octanol–water partition coefficient (Wildman–Crippen LogP) is 1.51. The largest absolute Gasteiger partial charge is 0.491 e. The van der Waals surface area contributed by atoms with Crippen molar-refractivity contribution in [3.63, 3.8) is 0 Å². The van der Waals surface area contributed by atoms with E-state index in [4.69, 9.17) is 16.3 Å². The molecule has 0 unspecified atom stereocenters. The zero-order chi connectivity index (χ0) is 20.3. The fraction of sp³-hybridized carbons (Fsp3) is 0.400. The molecule has 2 heterocycles. The van der Waals surface area contributed by atoms with Gasteiger partial charge in [-0.15, -0.1) is 0 Å². The van der Waals surface area contributed by atoms with Crippen molar-refractivity contribution in [1.29, 1.82) is 0 Å². The highest BCUT2D eigenvalue weighted by atomic mass is 35.5. The van der Waals surface area contributed by atoms with Crippen LogP contribution >= 0.6 is 11.6 Å². The number of ether oxygens (including phenoxy) is 1. The van der Waals surface area contributed by atoms with Gasteiger partial charge in [0.15, 0.2) is 5.75 Å². The van der Waals surface area contributed by atoms with Crippen LogP contribution < -0.4 is 10.2 Å². The Balaban J connectivity index is 1.69. The number of rotatable bonds is 5. The van der Waals surface area contributed by atoms with Crippen LogP contribution in [0, 0.1) is 0 Å². The minimum Gasteiger partial charge on any atom is -0.491 e. The van der Waals surface area contributed by atoms with Crippen LogP contribution in [0.2, 0.25) is 5.02 Å². The molecule has 2 aromatic rings. The highest BCUT2D eigenvalue weighted by Crippen LogP contribution is 2.33. The van der Waals surface area contributed by atoms with Gasteiger partial charge in [-0.3, -0.25) is 9.59 Å². The zero-order valence-electron chi connectivity index (χ0n) is 15.6. The van der Waals surface area contributed by atoms with Crippen molar-refractivity contribution in [2.75, 3.05) is 20.2 Å². The summed E-state index contributed by atoms with van der Waals surface area (Å²) in [7, 11) is 1.38. The van der Waals surface area contributed by atoms with Crippen LogP contribution in [0.5, 0.6) is 5.75 Å². The second kappa shape index (κ2) is 8.34. The molecule has 150 valence electrons. The number of amides is 1. The molecule has 0 saturated carbocycles. The van der Waals surface area contributed by atoms with E-state index in [1.54, 1.807) is 29.2 Å². The molecular formula is C20H23ClN2O5. The van der Waals surface area contributed by atoms with E-state index in [9.17, 15) is 19.8 Å². The summed E-state index contributed by atoms with van der Waals surface area (Å²) in [6.07, 6.45) is 2.27. The number of pyridine rings is 1. The van der Waals surface area contributed by atoms with Crippen molar-refractivity contribution in [1.82, 2.24) is 9.47 Å². The maximum atomic E-state index is 12.7. The number of halogens is 1. The van der Waals surface area contributed by atoms with Crippen molar-refractivity contribution in [2.45, 2.75) is 31.6 Å². The molecule has 0 aliphatic carbocycles. The summed E-state index contributed by atoms with van der Waals surface area (Å²) in [5.74, 6) is -0.0423. The lowest BCUT2D eigenvalue weighted by molar-refractivity contribution is -0.136. The molecule has 1 aromatic carbocycles. The topological polar surface area (TPSA) is 92.0 Å². The van der Waals surface area contributed by atoms with Gasteiger partial charge in [0.25, 0.3) is 0 Å². The van der Waals surface area contributed by atoms with Crippen molar-refractivity contribution in [3.05, 3.63) is 63.0 Å². The van der Waals surface area contributed by atoms with Crippen molar-refractivity contribution >= 4 is 17.5 Å². The average molecular weight is 407 g/mol. The van der Waals surface area contributed by atoms with Gasteiger partial charge in [0.1, 0.15) is 6.54 Å². The number of carbonyl (C=O) groups is 1. The molecule has 0 radical (unpaired) electrons. The number of methoxy groups -OCH3 is 1. The molecule has 7 nitrogen and oxygen atoms in total. The number of aromatic nitrogens is 1. The molecule has 1 aliphatic rings. The van der Waals surface area contributed by atoms with E-state index in [1.807, 2.05) is 0 Å². The van der Waals surface area contributed by atoms with Crippen molar-refractivity contribution in [3.8, 4) is 5.75 Å².